The number of esters is 1. The Morgan fingerprint density at radius 2 is 2.12 bits per heavy atom. The molecule has 3 heterocycles. The van der Waals surface area contributed by atoms with Crippen LogP contribution in [0.1, 0.15) is 41.8 Å². The summed E-state index contributed by atoms with van der Waals surface area (Å²) in [6.45, 7) is 9.92. The van der Waals surface area contributed by atoms with Gasteiger partial charge in [-0.1, -0.05) is 48.2 Å². The Hall–Kier alpha value is -3.52. The molecule has 0 radical (unpaired) electrons. The predicted molar refractivity (Wildman–Crippen MR) is 133 cm³/mol. The zero-order valence-corrected chi connectivity index (χ0v) is 20.3. The molecule has 2 aromatic rings. The molecule has 34 heavy (non-hydrogen) atoms. The number of carbonyl (C=O) groups is 2. The second-order valence-corrected chi connectivity index (χ2v) is 9.01. The maximum absolute atomic E-state index is 13.2. The summed E-state index contributed by atoms with van der Waals surface area (Å²) in [6, 6.07) is 9.30. The summed E-state index contributed by atoms with van der Waals surface area (Å²) < 4.78 is 10.7. The van der Waals surface area contributed by atoms with Gasteiger partial charge in [-0.05, 0) is 49.4 Å². The number of fused-ring (bicyclic) bond motifs is 1. The Balaban J connectivity index is 1.67. The van der Waals surface area contributed by atoms with Gasteiger partial charge < -0.3 is 19.4 Å². The van der Waals surface area contributed by atoms with Crippen LogP contribution in [-0.2, 0) is 20.9 Å². The summed E-state index contributed by atoms with van der Waals surface area (Å²) >= 11 is 1.45. The zero-order chi connectivity index (χ0) is 24.2. The number of aryl methyl sites for hydroxylation is 2. The number of ether oxygens (including phenoxy) is 1. The number of benzene rings is 1. The molecule has 1 aromatic heterocycles. The number of rotatable bonds is 8. The van der Waals surface area contributed by atoms with Crippen LogP contribution in [0.4, 0.5) is 0 Å². The van der Waals surface area contributed by atoms with E-state index in [1.54, 1.807) is 18.4 Å². The molecule has 1 unspecified atom stereocenters. The highest BCUT2D eigenvalue weighted by molar-refractivity contribution is 8.16. The first kappa shape index (κ1) is 23.6. The van der Waals surface area contributed by atoms with Gasteiger partial charge in [0.2, 0.25) is 5.91 Å². The SMILES string of the molecule is C=CCOC(=O)C1=C(C)N=C2SC=C(CC(=O)NCc3ccco3)N2C1c1cc(C)ccc1C. The molecular weight excluding hydrogens is 450 g/mol. The lowest BCUT2D eigenvalue weighted by Gasteiger charge is -2.37. The van der Waals surface area contributed by atoms with Gasteiger partial charge >= 0.3 is 5.97 Å². The van der Waals surface area contributed by atoms with Crippen LogP contribution in [0.15, 0.2) is 81.0 Å². The number of allylic oxidation sites excluding steroid dienone is 1. The van der Waals surface area contributed by atoms with E-state index in [-0.39, 0.29) is 18.9 Å². The van der Waals surface area contributed by atoms with E-state index < -0.39 is 12.0 Å². The van der Waals surface area contributed by atoms with E-state index in [0.29, 0.717) is 23.6 Å². The standard InChI is InChI=1S/C26H27N3O4S/c1-5-10-33-25(31)23-18(4)28-26-29(24(23)21-12-16(2)8-9-17(21)3)19(15-34-26)13-22(30)27-14-20-7-6-11-32-20/h5-9,11-12,15,24H,1,10,13-14H2,2-4H3,(H,27,30). The minimum Gasteiger partial charge on any atom is -0.467 e. The minimum absolute atomic E-state index is 0.109. The molecule has 176 valence electrons. The molecule has 0 saturated heterocycles. The third kappa shape index (κ3) is 4.87. The Kier molecular flexibility index (Phi) is 7.07. The smallest absolute Gasteiger partial charge is 0.338 e. The van der Waals surface area contributed by atoms with E-state index in [2.05, 4.69) is 23.0 Å². The average Bonchev–Trinajstić information content (AvgIpc) is 3.47. The lowest BCUT2D eigenvalue weighted by molar-refractivity contribution is -0.138. The molecule has 0 aliphatic carbocycles. The fraction of sp³-hybridized carbons (Fsp3) is 0.269. The normalized spacial score (nSPS) is 17.1. The topological polar surface area (TPSA) is 84.1 Å². The van der Waals surface area contributed by atoms with Crippen LogP contribution in [0.25, 0.3) is 0 Å². The molecule has 1 atom stereocenters. The molecule has 0 fully saturated rings. The summed E-state index contributed by atoms with van der Waals surface area (Å²) in [5, 5.41) is 5.55. The van der Waals surface area contributed by atoms with Crippen LogP contribution in [0.3, 0.4) is 0 Å². The highest BCUT2D eigenvalue weighted by Crippen LogP contribution is 2.45. The Morgan fingerprint density at radius 1 is 1.29 bits per heavy atom. The quantitative estimate of drug-likeness (QED) is 0.430. The van der Waals surface area contributed by atoms with Gasteiger partial charge in [-0.2, -0.15) is 0 Å². The molecular formula is C26H27N3O4S. The van der Waals surface area contributed by atoms with Crippen molar-refractivity contribution in [2.24, 2.45) is 4.99 Å². The summed E-state index contributed by atoms with van der Waals surface area (Å²) in [4.78, 5) is 32.6. The largest absolute Gasteiger partial charge is 0.467 e. The summed E-state index contributed by atoms with van der Waals surface area (Å²) in [6.07, 6.45) is 3.26. The van der Waals surface area contributed by atoms with Gasteiger partial charge in [0.25, 0.3) is 0 Å². The molecule has 7 nitrogen and oxygen atoms in total. The second kappa shape index (κ2) is 10.2. The van der Waals surface area contributed by atoms with Gasteiger partial charge in [-0.25, -0.2) is 9.79 Å². The minimum atomic E-state index is -0.455. The van der Waals surface area contributed by atoms with E-state index in [0.717, 1.165) is 27.6 Å². The third-order valence-corrected chi connectivity index (χ3v) is 6.55. The number of carbonyl (C=O) groups excluding carboxylic acids is 2. The fourth-order valence-corrected chi connectivity index (χ4v) is 4.98. The number of amidine groups is 1. The van der Waals surface area contributed by atoms with Gasteiger partial charge in [-0.3, -0.25) is 4.79 Å². The van der Waals surface area contributed by atoms with Crippen molar-refractivity contribution in [2.45, 2.75) is 39.8 Å². The molecule has 0 spiro atoms. The zero-order valence-electron chi connectivity index (χ0n) is 19.5. The number of hydrogen-bond acceptors (Lipinski definition) is 7. The van der Waals surface area contributed by atoms with E-state index in [4.69, 9.17) is 9.15 Å². The molecule has 1 N–H and O–H groups in total. The maximum Gasteiger partial charge on any atom is 0.338 e. The van der Waals surface area contributed by atoms with Crippen molar-refractivity contribution in [1.29, 1.82) is 0 Å². The predicted octanol–water partition coefficient (Wildman–Crippen LogP) is 4.91. The first-order chi connectivity index (χ1) is 16.4. The highest BCUT2D eigenvalue weighted by atomic mass is 32.2. The Labute approximate surface area is 203 Å². The molecule has 2 aliphatic heterocycles. The van der Waals surface area contributed by atoms with Crippen molar-refractivity contribution in [3.05, 3.63) is 94.1 Å². The van der Waals surface area contributed by atoms with Crippen molar-refractivity contribution in [2.75, 3.05) is 6.61 Å². The lowest BCUT2D eigenvalue weighted by Crippen LogP contribution is -2.38. The molecule has 0 bridgehead atoms. The maximum atomic E-state index is 13.2. The number of furan rings is 1. The summed E-state index contributed by atoms with van der Waals surface area (Å²) in [7, 11) is 0. The molecule has 0 saturated carbocycles. The van der Waals surface area contributed by atoms with E-state index in [1.807, 2.05) is 49.3 Å². The Bertz CT molecular complexity index is 1210. The van der Waals surface area contributed by atoms with Gasteiger partial charge in [0.1, 0.15) is 12.4 Å². The van der Waals surface area contributed by atoms with Crippen LogP contribution in [0, 0.1) is 13.8 Å². The first-order valence-corrected chi connectivity index (χ1v) is 11.9. The highest BCUT2D eigenvalue weighted by Gasteiger charge is 2.41. The van der Waals surface area contributed by atoms with Crippen molar-refractivity contribution in [1.82, 2.24) is 10.2 Å². The van der Waals surface area contributed by atoms with Gasteiger partial charge in [0.15, 0.2) is 5.17 Å². The number of hydrogen-bond donors (Lipinski definition) is 1. The van der Waals surface area contributed by atoms with Crippen molar-refractivity contribution < 1.29 is 18.7 Å². The summed E-state index contributed by atoms with van der Waals surface area (Å²) in [5.74, 6) is 0.0957. The molecule has 1 amide bonds. The van der Waals surface area contributed by atoms with Crippen molar-refractivity contribution >= 4 is 28.8 Å². The first-order valence-electron chi connectivity index (χ1n) is 11.0. The lowest BCUT2D eigenvalue weighted by atomic mass is 9.90. The number of nitrogens with one attached hydrogen (secondary N) is 1. The number of thioether (sulfide) groups is 1. The van der Waals surface area contributed by atoms with Crippen molar-refractivity contribution in [3.8, 4) is 0 Å². The number of aliphatic imine (C=N–C) groups is 1. The fourth-order valence-electron chi connectivity index (χ4n) is 4.02. The van der Waals surface area contributed by atoms with Crippen molar-refractivity contribution in [3.63, 3.8) is 0 Å². The van der Waals surface area contributed by atoms with Gasteiger partial charge in [-0.15, -0.1) is 0 Å². The van der Waals surface area contributed by atoms with Crippen LogP contribution in [-0.4, -0.2) is 28.6 Å². The van der Waals surface area contributed by atoms with Gasteiger partial charge in [0.05, 0.1) is 36.5 Å². The molecule has 4 rings (SSSR count). The van der Waals surface area contributed by atoms with E-state index in [9.17, 15) is 9.59 Å². The van der Waals surface area contributed by atoms with E-state index >= 15 is 0 Å². The van der Waals surface area contributed by atoms with Crippen LogP contribution < -0.4 is 5.32 Å². The Morgan fingerprint density at radius 3 is 2.85 bits per heavy atom. The molecule has 8 heteroatoms. The molecule has 2 aliphatic rings. The second-order valence-electron chi connectivity index (χ2n) is 8.17. The summed E-state index contributed by atoms with van der Waals surface area (Å²) in [5.41, 5.74) is 4.93. The average molecular weight is 478 g/mol. The number of amides is 1. The third-order valence-electron chi connectivity index (χ3n) is 5.66. The van der Waals surface area contributed by atoms with Crippen LogP contribution in [0.5, 0.6) is 0 Å². The van der Waals surface area contributed by atoms with Gasteiger partial charge in [0, 0.05) is 5.70 Å². The van der Waals surface area contributed by atoms with Crippen LogP contribution >= 0.6 is 11.8 Å². The van der Waals surface area contributed by atoms with E-state index in [1.165, 1.54) is 11.8 Å². The number of nitrogens with zero attached hydrogens (tertiary/aromatic N) is 2. The van der Waals surface area contributed by atoms with Crippen LogP contribution in [0.2, 0.25) is 0 Å². The molecule has 1 aromatic carbocycles. The monoisotopic (exact) mass is 477 g/mol.